The molecule has 0 aromatic heterocycles. The highest BCUT2D eigenvalue weighted by Crippen LogP contribution is 2.31. The summed E-state index contributed by atoms with van der Waals surface area (Å²) in [7, 11) is 0. The largest absolute Gasteiger partial charge is 0.368 e. The standard InChI is InChI=1S/C21H31N3O.2ClH/c1-16-6-7-17-4-2-3-5-20(17)24(16)13-10-21(25)23-11-8-18-14-22-15-19(18)9-12-23;;/h2-5,16,18-19,22H,6-15H2,1H3;2*1H/t16?,18-,19+;;. The quantitative estimate of drug-likeness (QED) is 0.822. The minimum atomic E-state index is 0. The van der Waals surface area contributed by atoms with Crippen LogP contribution >= 0.6 is 24.8 Å². The predicted molar refractivity (Wildman–Crippen MR) is 116 cm³/mol. The zero-order chi connectivity index (χ0) is 17.2. The molecule has 1 aromatic carbocycles. The van der Waals surface area contributed by atoms with Crippen LogP contribution in [-0.4, -0.2) is 49.6 Å². The van der Waals surface area contributed by atoms with Crippen LogP contribution in [0.15, 0.2) is 24.3 Å². The number of hydrogen-bond acceptors (Lipinski definition) is 3. The van der Waals surface area contributed by atoms with E-state index < -0.39 is 0 Å². The van der Waals surface area contributed by atoms with Gasteiger partial charge >= 0.3 is 0 Å². The number of carbonyl (C=O) groups excluding carboxylic acids is 1. The average Bonchev–Trinajstić information content (AvgIpc) is 2.99. The number of rotatable bonds is 3. The Bertz CT molecular complexity index is 613. The minimum absolute atomic E-state index is 0. The van der Waals surface area contributed by atoms with E-state index in [9.17, 15) is 4.79 Å². The first-order valence-corrected chi connectivity index (χ1v) is 10.1. The first-order chi connectivity index (χ1) is 12.2. The van der Waals surface area contributed by atoms with Crippen molar-refractivity contribution >= 4 is 36.4 Å². The SMILES string of the molecule is CC1CCc2ccccc2N1CCC(=O)N1CC[C@@H]2CNC[C@@H]2CC1.Cl.Cl. The molecule has 0 spiro atoms. The number of para-hydroxylation sites is 1. The summed E-state index contributed by atoms with van der Waals surface area (Å²) in [6.45, 7) is 7.34. The maximum Gasteiger partial charge on any atom is 0.224 e. The molecule has 1 unspecified atom stereocenters. The van der Waals surface area contributed by atoms with Gasteiger partial charge in [-0.05, 0) is 69.2 Å². The van der Waals surface area contributed by atoms with Crippen LogP contribution in [0.4, 0.5) is 5.69 Å². The van der Waals surface area contributed by atoms with Crippen molar-refractivity contribution in [1.82, 2.24) is 10.2 Å². The van der Waals surface area contributed by atoms with Crippen LogP contribution in [-0.2, 0) is 11.2 Å². The molecule has 4 nitrogen and oxygen atoms in total. The van der Waals surface area contributed by atoms with E-state index in [1.165, 1.54) is 30.5 Å². The van der Waals surface area contributed by atoms with Gasteiger partial charge in [0.05, 0.1) is 0 Å². The highest BCUT2D eigenvalue weighted by atomic mass is 35.5. The van der Waals surface area contributed by atoms with Crippen molar-refractivity contribution in [2.75, 3.05) is 37.6 Å². The van der Waals surface area contributed by atoms with Gasteiger partial charge in [-0.3, -0.25) is 4.79 Å². The molecule has 2 fully saturated rings. The number of anilines is 1. The lowest BCUT2D eigenvalue weighted by atomic mass is 9.92. The van der Waals surface area contributed by atoms with Gasteiger partial charge in [0.15, 0.2) is 0 Å². The van der Waals surface area contributed by atoms with E-state index in [2.05, 4.69) is 46.3 Å². The average molecular weight is 414 g/mol. The molecule has 1 amide bonds. The van der Waals surface area contributed by atoms with Gasteiger partial charge in [-0.25, -0.2) is 0 Å². The highest BCUT2D eigenvalue weighted by Gasteiger charge is 2.31. The smallest absolute Gasteiger partial charge is 0.224 e. The predicted octanol–water partition coefficient (Wildman–Crippen LogP) is 3.52. The van der Waals surface area contributed by atoms with Crippen molar-refractivity contribution in [1.29, 1.82) is 0 Å². The molecule has 27 heavy (non-hydrogen) atoms. The van der Waals surface area contributed by atoms with Gasteiger partial charge in [0, 0.05) is 37.8 Å². The van der Waals surface area contributed by atoms with Gasteiger partial charge in [-0.15, -0.1) is 24.8 Å². The second-order valence-corrected chi connectivity index (χ2v) is 8.10. The number of nitrogens with one attached hydrogen (secondary N) is 1. The van der Waals surface area contributed by atoms with E-state index in [0.29, 0.717) is 18.4 Å². The van der Waals surface area contributed by atoms with Crippen molar-refractivity contribution in [3.63, 3.8) is 0 Å². The fourth-order valence-electron chi connectivity index (χ4n) is 4.94. The molecule has 0 saturated carbocycles. The van der Waals surface area contributed by atoms with Crippen LogP contribution in [0.5, 0.6) is 0 Å². The fraction of sp³-hybridized carbons (Fsp3) is 0.667. The summed E-state index contributed by atoms with van der Waals surface area (Å²) in [4.78, 5) is 17.4. The van der Waals surface area contributed by atoms with Crippen molar-refractivity contribution in [3.8, 4) is 0 Å². The van der Waals surface area contributed by atoms with Gasteiger partial charge < -0.3 is 15.1 Å². The summed E-state index contributed by atoms with van der Waals surface area (Å²) < 4.78 is 0. The molecule has 152 valence electrons. The van der Waals surface area contributed by atoms with Crippen LogP contribution in [0, 0.1) is 11.8 Å². The zero-order valence-electron chi connectivity index (χ0n) is 16.2. The number of halogens is 2. The van der Waals surface area contributed by atoms with Crippen molar-refractivity contribution < 1.29 is 4.79 Å². The number of nitrogens with zero attached hydrogens (tertiary/aromatic N) is 2. The Balaban J connectivity index is 0.00000131. The first-order valence-electron chi connectivity index (χ1n) is 10.1. The van der Waals surface area contributed by atoms with E-state index in [1.807, 2.05) is 0 Å². The fourth-order valence-corrected chi connectivity index (χ4v) is 4.94. The summed E-state index contributed by atoms with van der Waals surface area (Å²) in [6, 6.07) is 9.22. The van der Waals surface area contributed by atoms with Gasteiger partial charge in [0.25, 0.3) is 0 Å². The molecule has 1 N–H and O–H groups in total. The molecule has 4 rings (SSSR count). The Kier molecular flexibility index (Phi) is 8.26. The van der Waals surface area contributed by atoms with Crippen molar-refractivity contribution in [3.05, 3.63) is 29.8 Å². The molecule has 0 radical (unpaired) electrons. The lowest BCUT2D eigenvalue weighted by Gasteiger charge is -2.37. The van der Waals surface area contributed by atoms with Gasteiger partial charge in [-0.1, -0.05) is 18.2 Å². The molecule has 3 aliphatic heterocycles. The lowest BCUT2D eigenvalue weighted by Crippen LogP contribution is -2.41. The van der Waals surface area contributed by atoms with E-state index in [-0.39, 0.29) is 24.8 Å². The Morgan fingerprint density at radius 3 is 2.44 bits per heavy atom. The van der Waals surface area contributed by atoms with E-state index in [0.717, 1.165) is 51.0 Å². The van der Waals surface area contributed by atoms with Crippen LogP contribution in [0.2, 0.25) is 0 Å². The summed E-state index contributed by atoms with van der Waals surface area (Å²) in [5.41, 5.74) is 2.77. The topological polar surface area (TPSA) is 35.6 Å². The molecule has 3 aliphatic rings. The van der Waals surface area contributed by atoms with Crippen molar-refractivity contribution in [2.24, 2.45) is 11.8 Å². The van der Waals surface area contributed by atoms with Crippen LogP contribution in [0.3, 0.4) is 0 Å². The van der Waals surface area contributed by atoms with E-state index in [1.54, 1.807) is 0 Å². The van der Waals surface area contributed by atoms with Gasteiger partial charge in [0.1, 0.15) is 0 Å². The number of carbonyl (C=O) groups is 1. The molecule has 6 heteroatoms. The van der Waals surface area contributed by atoms with E-state index in [4.69, 9.17) is 0 Å². The van der Waals surface area contributed by atoms with E-state index >= 15 is 0 Å². The third-order valence-corrected chi connectivity index (χ3v) is 6.60. The molecule has 0 bridgehead atoms. The minimum Gasteiger partial charge on any atom is -0.368 e. The van der Waals surface area contributed by atoms with Gasteiger partial charge in [-0.2, -0.15) is 0 Å². The Labute approximate surface area is 175 Å². The van der Waals surface area contributed by atoms with Gasteiger partial charge in [0.2, 0.25) is 5.91 Å². The second kappa shape index (κ2) is 9.99. The monoisotopic (exact) mass is 413 g/mol. The summed E-state index contributed by atoms with van der Waals surface area (Å²) in [6.07, 6.45) is 5.33. The molecule has 3 heterocycles. The molecule has 1 aromatic rings. The van der Waals surface area contributed by atoms with Crippen LogP contribution in [0.25, 0.3) is 0 Å². The number of fused-ring (bicyclic) bond motifs is 2. The summed E-state index contributed by atoms with van der Waals surface area (Å²) in [5.74, 6) is 1.92. The van der Waals surface area contributed by atoms with Crippen LogP contribution in [0.1, 0.15) is 38.2 Å². The maximum atomic E-state index is 12.8. The van der Waals surface area contributed by atoms with Crippen molar-refractivity contribution in [2.45, 2.75) is 45.1 Å². The Morgan fingerprint density at radius 1 is 1.07 bits per heavy atom. The number of likely N-dealkylation sites (tertiary alicyclic amines) is 1. The number of benzene rings is 1. The maximum absolute atomic E-state index is 12.8. The highest BCUT2D eigenvalue weighted by molar-refractivity contribution is 5.85. The summed E-state index contributed by atoms with van der Waals surface area (Å²) >= 11 is 0. The van der Waals surface area contributed by atoms with Crippen LogP contribution < -0.4 is 10.2 Å². The molecular weight excluding hydrogens is 381 g/mol. The Morgan fingerprint density at radius 2 is 1.74 bits per heavy atom. The number of aryl methyl sites for hydroxylation is 1. The first kappa shape index (κ1) is 22.3. The summed E-state index contributed by atoms with van der Waals surface area (Å²) in [5, 5.41) is 3.51. The third-order valence-electron chi connectivity index (χ3n) is 6.60. The number of amides is 1. The zero-order valence-corrected chi connectivity index (χ0v) is 17.9. The number of hydrogen-bond donors (Lipinski definition) is 1. The molecular formula is C21H33Cl2N3O. The molecule has 0 aliphatic carbocycles. The normalized spacial score (nSPS) is 26.9. The third kappa shape index (κ3) is 4.90. The Hall–Kier alpha value is -0.970. The second-order valence-electron chi connectivity index (χ2n) is 8.10. The molecule has 3 atom stereocenters. The molecule has 2 saturated heterocycles. The lowest BCUT2D eigenvalue weighted by molar-refractivity contribution is -0.131.